The predicted octanol–water partition coefficient (Wildman–Crippen LogP) is 3.40. The summed E-state index contributed by atoms with van der Waals surface area (Å²) in [5.41, 5.74) is 12.1. The molecule has 3 aromatic heterocycles. The number of fused-ring (bicyclic) bond motifs is 1. The number of carbonyl (C=O) groups is 2. The molecule has 4 rings (SSSR count). The summed E-state index contributed by atoms with van der Waals surface area (Å²) < 4.78 is 14.5. The van der Waals surface area contributed by atoms with Crippen molar-refractivity contribution in [2.24, 2.45) is 5.73 Å². The molecule has 0 aliphatic heterocycles. The predicted molar refractivity (Wildman–Crippen MR) is 149 cm³/mol. The van der Waals surface area contributed by atoms with Crippen LogP contribution >= 0.6 is 11.3 Å². The van der Waals surface area contributed by atoms with Gasteiger partial charge in [0.1, 0.15) is 17.0 Å². The first-order valence-corrected chi connectivity index (χ1v) is 13.6. The Labute approximate surface area is 230 Å². The maximum atomic E-state index is 13.2. The molecule has 3 heterocycles. The fourth-order valence-electron chi connectivity index (χ4n) is 4.29. The molecule has 0 radical (unpaired) electrons. The zero-order valence-electron chi connectivity index (χ0n) is 22.6. The Balaban J connectivity index is 1.46. The number of thiazole rings is 1. The minimum atomic E-state index is -0.477. The molecule has 4 aromatic rings. The van der Waals surface area contributed by atoms with Crippen LogP contribution in [0.25, 0.3) is 11.0 Å². The maximum absolute atomic E-state index is 13.2. The van der Waals surface area contributed by atoms with Gasteiger partial charge < -0.3 is 25.1 Å². The van der Waals surface area contributed by atoms with Gasteiger partial charge in [0.2, 0.25) is 5.95 Å². The number of aromatic nitrogens is 5. The van der Waals surface area contributed by atoms with E-state index in [4.69, 9.17) is 20.2 Å². The zero-order chi connectivity index (χ0) is 27.9. The van der Waals surface area contributed by atoms with Crippen LogP contribution in [0.2, 0.25) is 0 Å². The van der Waals surface area contributed by atoms with Gasteiger partial charge in [-0.3, -0.25) is 14.8 Å². The molecule has 1 aromatic carbocycles. The van der Waals surface area contributed by atoms with Crippen LogP contribution in [-0.4, -0.2) is 56.6 Å². The fraction of sp³-hybridized carbons (Fsp3) is 0.423. The third-order valence-corrected chi connectivity index (χ3v) is 7.21. The minimum Gasteiger partial charge on any atom is -0.494 e. The number of benzene rings is 1. The number of ether oxygens (including phenoxy) is 2. The van der Waals surface area contributed by atoms with Gasteiger partial charge in [0.05, 0.1) is 36.1 Å². The van der Waals surface area contributed by atoms with Crippen molar-refractivity contribution in [3.8, 4) is 5.75 Å². The standard InChI is InChI=1S/C26H34N8O4S/c1-5-34-20(11-16(2)32-34)24(35)31-25-30-19-12-18(14-27)13-21(37-4)23(19)33(25)9-6-8-28-26(36)38-10-7-22-17(3)29-15-39-22/h11-13,15H,5-10,14,27H2,1-4H3,(H,28,36)(H,30,31,35). The number of nitrogens with one attached hydrogen (secondary N) is 2. The number of imidazole rings is 1. The smallest absolute Gasteiger partial charge is 0.407 e. The number of anilines is 1. The molecule has 0 unspecified atom stereocenters. The van der Waals surface area contributed by atoms with E-state index in [2.05, 4.69) is 20.7 Å². The molecule has 0 bridgehead atoms. The van der Waals surface area contributed by atoms with Gasteiger partial charge >= 0.3 is 6.09 Å². The lowest BCUT2D eigenvalue weighted by Crippen LogP contribution is -2.27. The largest absolute Gasteiger partial charge is 0.494 e. The first kappa shape index (κ1) is 28.0. The number of hydrogen-bond acceptors (Lipinski definition) is 9. The second-order valence-corrected chi connectivity index (χ2v) is 9.86. The van der Waals surface area contributed by atoms with E-state index in [9.17, 15) is 9.59 Å². The average Bonchev–Trinajstić information content (AvgIpc) is 3.62. The Morgan fingerprint density at radius 2 is 2.03 bits per heavy atom. The number of amides is 2. The van der Waals surface area contributed by atoms with Crippen LogP contribution in [0.3, 0.4) is 0 Å². The molecule has 0 aliphatic rings. The molecule has 0 saturated carbocycles. The van der Waals surface area contributed by atoms with Gasteiger partial charge in [-0.2, -0.15) is 5.10 Å². The highest BCUT2D eigenvalue weighted by Gasteiger charge is 2.20. The van der Waals surface area contributed by atoms with E-state index in [1.807, 2.05) is 37.5 Å². The summed E-state index contributed by atoms with van der Waals surface area (Å²) in [5, 5.41) is 10.1. The molecule has 0 saturated heterocycles. The van der Waals surface area contributed by atoms with E-state index in [-0.39, 0.29) is 12.5 Å². The summed E-state index contributed by atoms with van der Waals surface area (Å²) in [6, 6.07) is 5.48. The first-order valence-electron chi connectivity index (χ1n) is 12.8. The third-order valence-electron chi connectivity index (χ3n) is 6.22. The molecular formula is C26H34N8O4S. The fourth-order valence-corrected chi connectivity index (χ4v) is 5.05. The van der Waals surface area contributed by atoms with Crippen molar-refractivity contribution in [3.63, 3.8) is 0 Å². The van der Waals surface area contributed by atoms with Gasteiger partial charge in [0.15, 0.2) is 0 Å². The lowest BCUT2D eigenvalue weighted by atomic mass is 10.2. The molecule has 4 N–H and O–H groups in total. The summed E-state index contributed by atoms with van der Waals surface area (Å²) in [4.78, 5) is 35.4. The highest BCUT2D eigenvalue weighted by Crippen LogP contribution is 2.31. The van der Waals surface area contributed by atoms with Crippen LogP contribution in [0.15, 0.2) is 23.7 Å². The number of rotatable bonds is 12. The Kier molecular flexibility index (Phi) is 9.15. The molecule has 208 valence electrons. The Morgan fingerprint density at radius 3 is 2.72 bits per heavy atom. The molecular weight excluding hydrogens is 520 g/mol. The average molecular weight is 555 g/mol. The highest BCUT2D eigenvalue weighted by molar-refractivity contribution is 7.09. The molecule has 0 fully saturated rings. The summed E-state index contributed by atoms with van der Waals surface area (Å²) in [6.45, 7) is 7.70. The number of nitrogens with zero attached hydrogens (tertiary/aromatic N) is 5. The first-order chi connectivity index (χ1) is 18.8. The molecule has 12 nitrogen and oxygen atoms in total. The number of methoxy groups -OCH3 is 1. The van der Waals surface area contributed by atoms with Gasteiger partial charge in [0, 0.05) is 37.5 Å². The van der Waals surface area contributed by atoms with Crippen molar-refractivity contribution in [1.82, 2.24) is 29.6 Å². The van der Waals surface area contributed by atoms with E-state index in [1.54, 1.807) is 34.7 Å². The van der Waals surface area contributed by atoms with Crippen LogP contribution in [-0.2, 0) is 30.8 Å². The van der Waals surface area contributed by atoms with Crippen molar-refractivity contribution in [2.75, 3.05) is 25.6 Å². The molecule has 0 atom stereocenters. The van der Waals surface area contributed by atoms with Crippen LogP contribution in [0.1, 0.15) is 45.7 Å². The monoisotopic (exact) mass is 554 g/mol. The summed E-state index contributed by atoms with van der Waals surface area (Å²) in [5.74, 6) is 0.650. The zero-order valence-corrected chi connectivity index (χ0v) is 23.4. The second kappa shape index (κ2) is 12.7. The van der Waals surface area contributed by atoms with Crippen molar-refractivity contribution in [2.45, 2.75) is 53.2 Å². The second-order valence-electron chi connectivity index (χ2n) is 8.93. The van der Waals surface area contributed by atoms with E-state index in [1.165, 1.54) is 0 Å². The summed E-state index contributed by atoms with van der Waals surface area (Å²) in [6.07, 6.45) is 0.717. The van der Waals surface area contributed by atoms with Gasteiger partial charge in [0.25, 0.3) is 5.91 Å². The third kappa shape index (κ3) is 6.55. The number of alkyl carbamates (subject to hydrolysis) is 1. The number of carbonyl (C=O) groups excluding carboxylic acids is 2. The number of nitrogens with two attached hydrogens (primary N) is 1. The van der Waals surface area contributed by atoms with Crippen molar-refractivity contribution in [1.29, 1.82) is 0 Å². The van der Waals surface area contributed by atoms with E-state index in [0.717, 1.165) is 27.3 Å². The number of aryl methyl sites for hydroxylation is 4. The SMILES string of the molecule is CCn1nc(C)cc1C(=O)Nc1nc2cc(CN)cc(OC)c2n1CCCNC(=O)OCCc1scnc1C. The summed E-state index contributed by atoms with van der Waals surface area (Å²) in [7, 11) is 1.58. The van der Waals surface area contributed by atoms with Crippen LogP contribution in [0.5, 0.6) is 5.75 Å². The van der Waals surface area contributed by atoms with Crippen molar-refractivity contribution < 1.29 is 19.1 Å². The topological polar surface area (TPSA) is 151 Å². The number of hydrogen-bond donors (Lipinski definition) is 3. The maximum Gasteiger partial charge on any atom is 0.407 e. The molecule has 0 aliphatic carbocycles. The molecule has 0 spiro atoms. The molecule has 2 amide bonds. The van der Waals surface area contributed by atoms with Crippen LogP contribution in [0.4, 0.5) is 10.7 Å². The Morgan fingerprint density at radius 1 is 1.21 bits per heavy atom. The van der Waals surface area contributed by atoms with E-state index in [0.29, 0.717) is 61.9 Å². The van der Waals surface area contributed by atoms with Crippen molar-refractivity contribution in [3.05, 3.63) is 51.2 Å². The van der Waals surface area contributed by atoms with Crippen LogP contribution in [0, 0.1) is 13.8 Å². The summed E-state index contributed by atoms with van der Waals surface area (Å²) >= 11 is 1.55. The Bertz CT molecular complexity index is 1460. The molecule has 39 heavy (non-hydrogen) atoms. The molecule has 13 heteroatoms. The van der Waals surface area contributed by atoms with Crippen molar-refractivity contribution >= 4 is 40.3 Å². The highest BCUT2D eigenvalue weighted by atomic mass is 32.1. The Hall–Kier alpha value is -3.97. The lowest BCUT2D eigenvalue weighted by molar-refractivity contribution is 0.101. The van der Waals surface area contributed by atoms with Gasteiger partial charge in [-0.15, -0.1) is 11.3 Å². The van der Waals surface area contributed by atoms with E-state index < -0.39 is 6.09 Å². The normalized spacial score (nSPS) is 11.1. The lowest BCUT2D eigenvalue weighted by Gasteiger charge is -2.13. The minimum absolute atomic E-state index is 0.283. The van der Waals surface area contributed by atoms with E-state index >= 15 is 0 Å². The van der Waals surface area contributed by atoms with Crippen LogP contribution < -0.4 is 21.1 Å². The quantitative estimate of drug-likeness (QED) is 0.225. The van der Waals surface area contributed by atoms with Gasteiger partial charge in [-0.1, -0.05) is 0 Å². The van der Waals surface area contributed by atoms with Gasteiger partial charge in [-0.05, 0) is 51.0 Å². The van der Waals surface area contributed by atoms with Gasteiger partial charge in [-0.25, -0.2) is 14.8 Å².